The molecular formula is C22H24N2O5S. The molecule has 0 saturated carbocycles. The van der Waals surface area contributed by atoms with E-state index >= 15 is 0 Å². The second-order valence-electron chi connectivity index (χ2n) is 6.90. The molecule has 30 heavy (non-hydrogen) atoms. The van der Waals surface area contributed by atoms with Crippen LogP contribution in [0.4, 0.5) is 5.13 Å². The summed E-state index contributed by atoms with van der Waals surface area (Å²) in [5.41, 5.74) is 1.15. The summed E-state index contributed by atoms with van der Waals surface area (Å²) in [6.07, 6.45) is 1.87. The van der Waals surface area contributed by atoms with Crippen molar-refractivity contribution < 1.29 is 23.7 Å². The third kappa shape index (κ3) is 3.80. The quantitative estimate of drug-likeness (QED) is 0.563. The lowest BCUT2D eigenvalue weighted by atomic mass is 10.1. The first-order valence-corrected chi connectivity index (χ1v) is 10.6. The van der Waals surface area contributed by atoms with Crippen LogP contribution in [0.3, 0.4) is 0 Å². The molecule has 7 nitrogen and oxygen atoms in total. The van der Waals surface area contributed by atoms with Crippen LogP contribution in [0, 0.1) is 0 Å². The fraction of sp³-hybridized carbons (Fsp3) is 0.364. The molecule has 2 heterocycles. The van der Waals surface area contributed by atoms with Crippen LogP contribution < -0.4 is 19.1 Å². The number of methoxy groups -OCH3 is 3. The van der Waals surface area contributed by atoms with Crippen LogP contribution in [-0.4, -0.2) is 51.5 Å². The van der Waals surface area contributed by atoms with Gasteiger partial charge in [0.1, 0.15) is 27.5 Å². The predicted octanol–water partition coefficient (Wildman–Crippen LogP) is 4.15. The number of nitrogens with zero attached hydrogens (tertiary/aromatic N) is 2. The lowest BCUT2D eigenvalue weighted by Crippen LogP contribution is -2.37. The van der Waals surface area contributed by atoms with Gasteiger partial charge in [0.05, 0.1) is 39.5 Å². The molecule has 0 spiro atoms. The highest BCUT2D eigenvalue weighted by Crippen LogP contribution is 2.41. The Morgan fingerprint density at radius 2 is 1.83 bits per heavy atom. The Balaban J connectivity index is 1.80. The summed E-state index contributed by atoms with van der Waals surface area (Å²) >= 11 is 1.40. The minimum absolute atomic E-state index is 0.0283. The molecule has 158 valence electrons. The summed E-state index contributed by atoms with van der Waals surface area (Å²) in [7, 11) is 4.78. The number of fused-ring (bicyclic) bond motifs is 1. The van der Waals surface area contributed by atoms with Crippen molar-refractivity contribution >= 4 is 32.6 Å². The average Bonchev–Trinajstić information content (AvgIpc) is 3.46. The predicted molar refractivity (Wildman–Crippen MR) is 116 cm³/mol. The van der Waals surface area contributed by atoms with Gasteiger partial charge >= 0.3 is 0 Å². The number of benzene rings is 2. The van der Waals surface area contributed by atoms with Crippen molar-refractivity contribution in [1.82, 2.24) is 4.98 Å². The summed E-state index contributed by atoms with van der Waals surface area (Å²) < 4.78 is 23.0. The number of hydrogen-bond donors (Lipinski definition) is 0. The number of rotatable bonds is 7. The second-order valence-corrected chi connectivity index (χ2v) is 7.87. The Bertz CT molecular complexity index is 1000. The van der Waals surface area contributed by atoms with Gasteiger partial charge in [0.15, 0.2) is 5.13 Å². The molecule has 1 amide bonds. The molecule has 0 bridgehead atoms. The monoisotopic (exact) mass is 428 g/mol. The standard InChI is InChI=1S/C22H24N2O5S/c1-26-16-9-5-4-8-15(16)21(25)24(13-14-7-6-12-29-14)22-23-19-17(27-2)10-11-18(28-3)20(19)30-22/h4-5,8-11,14H,6-7,12-13H2,1-3H3. The number of ether oxygens (including phenoxy) is 4. The zero-order valence-corrected chi connectivity index (χ0v) is 18.0. The van der Waals surface area contributed by atoms with E-state index in [1.54, 1.807) is 38.4 Å². The van der Waals surface area contributed by atoms with Gasteiger partial charge in [-0.15, -0.1) is 0 Å². The topological polar surface area (TPSA) is 70.1 Å². The Hall–Kier alpha value is -2.84. The van der Waals surface area contributed by atoms with Crippen molar-refractivity contribution in [2.45, 2.75) is 18.9 Å². The Kier molecular flexibility index (Phi) is 6.06. The van der Waals surface area contributed by atoms with E-state index in [1.165, 1.54) is 11.3 Å². The van der Waals surface area contributed by atoms with E-state index in [2.05, 4.69) is 0 Å². The third-order valence-corrected chi connectivity index (χ3v) is 6.22. The van der Waals surface area contributed by atoms with E-state index in [9.17, 15) is 4.79 Å². The van der Waals surface area contributed by atoms with Crippen LogP contribution in [0.5, 0.6) is 17.2 Å². The van der Waals surface area contributed by atoms with Gasteiger partial charge in [0, 0.05) is 6.61 Å². The molecule has 1 aliphatic heterocycles. The number of amides is 1. The number of anilines is 1. The maximum Gasteiger partial charge on any atom is 0.263 e. The molecule has 1 saturated heterocycles. The summed E-state index contributed by atoms with van der Waals surface area (Å²) in [5, 5.41) is 0.569. The molecular weight excluding hydrogens is 404 g/mol. The fourth-order valence-corrected chi connectivity index (χ4v) is 4.68. The Morgan fingerprint density at radius 1 is 1.10 bits per heavy atom. The number of carbonyl (C=O) groups excluding carboxylic acids is 1. The van der Waals surface area contributed by atoms with E-state index in [0.29, 0.717) is 46.6 Å². The normalized spacial score (nSPS) is 15.9. The molecule has 1 unspecified atom stereocenters. The van der Waals surface area contributed by atoms with Crippen molar-refractivity contribution in [2.24, 2.45) is 0 Å². The molecule has 0 N–H and O–H groups in total. The van der Waals surface area contributed by atoms with E-state index in [-0.39, 0.29) is 12.0 Å². The number of aromatic nitrogens is 1. The van der Waals surface area contributed by atoms with E-state index in [4.69, 9.17) is 23.9 Å². The second kappa shape index (κ2) is 8.89. The van der Waals surface area contributed by atoms with Crippen LogP contribution in [0.1, 0.15) is 23.2 Å². The fourth-order valence-electron chi connectivity index (χ4n) is 3.60. The highest BCUT2D eigenvalue weighted by Gasteiger charge is 2.29. The van der Waals surface area contributed by atoms with Gasteiger partial charge in [0.25, 0.3) is 5.91 Å². The van der Waals surface area contributed by atoms with Gasteiger partial charge in [-0.2, -0.15) is 0 Å². The molecule has 1 aromatic heterocycles. The van der Waals surface area contributed by atoms with Gasteiger partial charge in [0.2, 0.25) is 0 Å². The molecule has 3 aromatic rings. The SMILES string of the molecule is COc1ccccc1C(=O)N(CC1CCCO1)c1nc2c(OC)ccc(OC)c2s1. The smallest absolute Gasteiger partial charge is 0.263 e. The molecule has 1 fully saturated rings. The summed E-state index contributed by atoms with van der Waals surface area (Å²) in [4.78, 5) is 20.0. The molecule has 0 radical (unpaired) electrons. The first kappa shape index (κ1) is 20.4. The van der Waals surface area contributed by atoms with Crippen molar-refractivity contribution in [3.63, 3.8) is 0 Å². The minimum Gasteiger partial charge on any atom is -0.496 e. The molecule has 0 aliphatic carbocycles. The summed E-state index contributed by atoms with van der Waals surface area (Å²) in [5.74, 6) is 1.67. The van der Waals surface area contributed by atoms with Gasteiger partial charge in [-0.25, -0.2) is 4.98 Å². The molecule has 8 heteroatoms. The van der Waals surface area contributed by atoms with Crippen molar-refractivity contribution in [1.29, 1.82) is 0 Å². The summed E-state index contributed by atoms with van der Waals surface area (Å²) in [6, 6.07) is 10.9. The number of para-hydroxylation sites is 1. The third-order valence-electron chi connectivity index (χ3n) is 5.12. The Labute approximate surface area is 179 Å². The van der Waals surface area contributed by atoms with Crippen LogP contribution >= 0.6 is 11.3 Å². The molecule has 4 rings (SSSR count). The first-order valence-electron chi connectivity index (χ1n) is 9.74. The van der Waals surface area contributed by atoms with Crippen molar-refractivity contribution in [2.75, 3.05) is 39.4 Å². The Morgan fingerprint density at radius 3 is 2.53 bits per heavy atom. The van der Waals surface area contributed by atoms with E-state index < -0.39 is 0 Å². The van der Waals surface area contributed by atoms with Gasteiger partial charge in [-0.1, -0.05) is 23.5 Å². The molecule has 2 aromatic carbocycles. The van der Waals surface area contributed by atoms with Gasteiger partial charge < -0.3 is 18.9 Å². The van der Waals surface area contributed by atoms with Crippen molar-refractivity contribution in [3.8, 4) is 17.2 Å². The van der Waals surface area contributed by atoms with E-state index in [0.717, 1.165) is 17.5 Å². The number of thiazole rings is 1. The number of hydrogen-bond acceptors (Lipinski definition) is 7. The maximum absolute atomic E-state index is 13.6. The lowest BCUT2D eigenvalue weighted by molar-refractivity contribution is 0.0915. The van der Waals surface area contributed by atoms with Crippen LogP contribution in [0.25, 0.3) is 10.2 Å². The highest BCUT2D eigenvalue weighted by molar-refractivity contribution is 7.22. The van der Waals surface area contributed by atoms with Gasteiger partial charge in [-0.3, -0.25) is 9.69 Å². The lowest BCUT2D eigenvalue weighted by Gasteiger charge is -2.23. The zero-order valence-electron chi connectivity index (χ0n) is 17.2. The molecule has 1 atom stereocenters. The number of carbonyl (C=O) groups is 1. The van der Waals surface area contributed by atoms with E-state index in [1.807, 2.05) is 24.3 Å². The molecule has 1 aliphatic rings. The largest absolute Gasteiger partial charge is 0.496 e. The average molecular weight is 429 g/mol. The van der Waals surface area contributed by atoms with Crippen LogP contribution in [0.2, 0.25) is 0 Å². The minimum atomic E-state index is -0.181. The highest BCUT2D eigenvalue weighted by atomic mass is 32.1. The van der Waals surface area contributed by atoms with Crippen LogP contribution in [0.15, 0.2) is 36.4 Å². The zero-order chi connectivity index (χ0) is 21.1. The van der Waals surface area contributed by atoms with Crippen LogP contribution in [-0.2, 0) is 4.74 Å². The maximum atomic E-state index is 13.6. The summed E-state index contributed by atoms with van der Waals surface area (Å²) in [6.45, 7) is 1.13. The first-order chi connectivity index (χ1) is 14.7. The van der Waals surface area contributed by atoms with Crippen molar-refractivity contribution in [3.05, 3.63) is 42.0 Å². The van der Waals surface area contributed by atoms with Gasteiger partial charge in [-0.05, 0) is 37.1 Å².